The van der Waals surface area contributed by atoms with Crippen LogP contribution in [0.25, 0.3) is 0 Å². The molecule has 0 saturated carbocycles. The van der Waals surface area contributed by atoms with Gasteiger partial charge in [-0.05, 0) is 18.6 Å². The summed E-state index contributed by atoms with van der Waals surface area (Å²) in [5.41, 5.74) is 6.22. The van der Waals surface area contributed by atoms with E-state index in [2.05, 4.69) is 4.98 Å². The number of pyridine rings is 1. The molecule has 0 radical (unpaired) electrons. The molecule has 1 rings (SSSR count). The molecule has 0 saturated heterocycles. The standard InChI is InChI=1S/C11H16N2O3/c1-2-5-15-6-7-16-11(14)10-4-3-9(12)8-13-10/h3-4,8H,2,5-7,12H2,1H3. The Bertz CT molecular complexity index is 325. The summed E-state index contributed by atoms with van der Waals surface area (Å²) in [6.07, 6.45) is 2.37. The summed E-state index contributed by atoms with van der Waals surface area (Å²) in [6, 6.07) is 3.14. The number of nitrogen functional groups attached to an aromatic ring is 1. The first-order valence-electron chi connectivity index (χ1n) is 5.20. The highest BCUT2D eigenvalue weighted by Gasteiger charge is 2.07. The fraction of sp³-hybridized carbons (Fsp3) is 0.455. The van der Waals surface area contributed by atoms with Crippen LogP contribution < -0.4 is 5.73 Å². The van der Waals surface area contributed by atoms with E-state index < -0.39 is 5.97 Å². The molecule has 5 heteroatoms. The molecule has 16 heavy (non-hydrogen) atoms. The summed E-state index contributed by atoms with van der Waals surface area (Å²) in [5.74, 6) is -0.458. The Labute approximate surface area is 94.6 Å². The van der Waals surface area contributed by atoms with Crippen LogP contribution >= 0.6 is 0 Å². The van der Waals surface area contributed by atoms with Crippen molar-refractivity contribution in [1.29, 1.82) is 0 Å². The zero-order chi connectivity index (χ0) is 11.8. The zero-order valence-electron chi connectivity index (χ0n) is 9.31. The quantitative estimate of drug-likeness (QED) is 0.581. The van der Waals surface area contributed by atoms with Gasteiger partial charge in [0.2, 0.25) is 0 Å². The lowest BCUT2D eigenvalue weighted by Gasteiger charge is -2.04. The Hall–Kier alpha value is -1.62. The van der Waals surface area contributed by atoms with Gasteiger partial charge in [0.1, 0.15) is 12.3 Å². The van der Waals surface area contributed by atoms with E-state index >= 15 is 0 Å². The van der Waals surface area contributed by atoms with Crippen molar-refractivity contribution in [2.75, 3.05) is 25.6 Å². The summed E-state index contributed by atoms with van der Waals surface area (Å²) < 4.78 is 10.1. The fourth-order valence-corrected chi connectivity index (χ4v) is 1.04. The van der Waals surface area contributed by atoms with Crippen molar-refractivity contribution >= 4 is 11.7 Å². The molecule has 1 heterocycles. The van der Waals surface area contributed by atoms with E-state index in [1.807, 2.05) is 6.92 Å². The Morgan fingerprint density at radius 3 is 2.81 bits per heavy atom. The first-order chi connectivity index (χ1) is 7.74. The molecule has 0 aromatic carbocycles. The molecule has 0 atom stereocenters. The zero-order valence-corrected chi connectivity index (χ0v) is 9.31. The molecular formula is C11H16N2O3. The number of rotatable bonds is 6. The number of carbonyl (C=O) groups is 1. The average molecular weight is 224 g/mol. The number of ether oxygens (including phenoxy) is 2. The van der Waals surface area contributed by atoms with Gasteiger partial charge >= 0.3 is 5.97 Å². The lowest BCUT2D eigenvalue weighted by Crippen LogP contribution is -2.12. The van der Waals surface area contributed by atoms with Gasteiger partial charge in [-0.1, -0.05) is 6.92 Å². The number of nitrogens with two attached hydrogens (primary N) is 1. The third kappa shape index (κ3) is 4.27. The molecule has 1 aromatic heterocycles. The molecule has 0 aliphatic carbocycles. The largest absolute Gasteiger partial charge is 0.459 e. The van der Waals surface area contributed by atoms with Gasteiger partial charge in [-0.25, -0.2) is 9.78 Å². The molecule has 1 aromatic rings. The van der Waals surface area contributed by atoms with E-state index in [9.17, 15) is 4.79 Å². The van der Waals surface area contributed by atoms with Crippen LogP contribution in [0.3, 0.4) is 0 Å². The Balaban J connectivity index is 2.27. The molecule has 0 amide bonds. The predicted octanol–water partition coefficient (Wildman–Crippen LogP) is 1.25. The molecule has 0 aliphatic heterocycles. The van der Waals surface area contributed by atoms with Gasteiger partial charge in [0, 0.05) is 6.61 Å². The highest BCUT2D eigenvalue weighted by Crippen LogP contribution is 2.02. The van der Waals surface area contributed by atoms with Crippen LogP contribution in [-0.2, 0) is 9.47 Å². The van der Waals surface area contributed by atoms with Crippen molar-refractivity contribution in [1.82, 2.24) is 4.98 Å². The van der Waals surface area contributed by atoms with Gasteiger partial charge < -0.3 is 15.2 Å². The summed E-state index contributed by atoms with van der Waals surface area (Å²) in [6.45, 7) is 3.35. The smallest absolute Gasteiger partial charge is 0.356 e. The topological polar surface area (TPSA) is 74.4 Å². The molecule has 0 unspecified atom stereocenters. The Morgan fingerprint density at radius 2 is 2.19 bits per heavy atom. The number of nitrogens with zero attached hydrogens (tertiary/aromatic N) is 1. The Kier molecular flexibility index (Phi) is 5.28. The second-order valence-corrected chi connectivity index (χ2v) is 3.23. The highest BCUT2D eigenvalue weighted by molar-refractivity contribution is 5.87. The SMILES string of the molecule is CCCOCCOC(=O)c1ccc(N)cn1. The summed E-state index contributed by atoms with van der Waals surface area (Å²) in [7, 11) is 0. The molecular weight excluding hydrogens is 208 g/mol. The number of esters is 1. The van der Waals surface area contributed by atoms with Crippen molar-refractivity contribution in [3.63, 3.8) is 0 Å². The van der Waals surface area contributed by atoms with E-state index in [1.54, 1.807) is 6.07 Å². The Morgan fingerprint density at radius 1 is 1.38 bits per heavy atom. The first kappa shape index (κ1) is 12.4. The first-order valence-corrected chi connectivity index (χ1v) is 5.20. The fourth-order valence-electron chi connectivity index (χ4n) is 1.04. The molecule has 0 aliphatic rings. The van der Waals surface area contributed by atoms with Crippen molar-refractivity contribution in [3.05, 3.63) is 24.0 Å². The van der Waals surface area contributed by atoms with Crippen molar-refractivity contribution in [3.8, 4) is 0 Å². The molecule has 2 N–H and O–H groups in total. The maximum Gasteiger partial charge on any atom is 0.356 e. The summed E-state index contributed by atoms with van der Waals surface area (Å²) >= 11 is 0. The van der Waals surface area contributed by atoms with E-state index in [4.69, 9.17) is 15.2 Å². The van der Waals surface area contributed by atoms with Crippen molar-refractivity contribution in [2.45, 2.75) is 13.3 Å². The van der Waals surface area contributed by atoms with Crippen LogP contribution in [0.5, 0.6) is 0 Å². The van der Waals surface area contributed by atoms with E-state index in [1.165, 1.54) is 12.3 Å². The molecule has 5 nitrogen and oxygen atoms in total. The van der Waals surface area contributed by atoms with E-state index in [0.29, 0.717) is 18.9 Å². The number of carbonyl (C=O) groups excluding carboxylic acids is 1. The second-order valence-electron chi connectivity index (χ2n) is 3.23. The van der Waals surface area contributed by atoms with Crippen molar-refractivity contribution in [2.24, 2.45) is 0 Å². The molecule has 0 fully saturated rings. The minimum Gasteiger partial charge on any atom is -0.459 e. The average Bonchev–Trinajstić information content (AvgIpc) is 2.29. The van der Waals surface area contributed by atoms with Gasteiger partial charge in [-0.15, -0.1) is 0 Å². The maximum atomic E-state index is 11.4. The molecule has 88 valence electrons. The normalized spacial score (nSPS) is 10.1. The van der Waals surface area contributed by atoms with Crippen LogP contribution in [0.2, 0.25) is 0 Å². The third-order valence-electron chi connectivity index (χ3n) is 1.80. The second kappa shape index (κ2) is 6.79. The predicted molar refractivity (Wildman–Crippen MR) is 60.0 cm³/mol. The number of anilines is 1. The minimum absolute atomic E-state index is 0.241. The van der Waals surface area contributed by atoms with Crippen LogP contribution in [-0.4, -0.2) is 30.8 Å². The van der Waals surface area contributed by atoms with Gasteiger partial charge in [0.25, 0.3) is 0 Å². The lowest BCUT2D eigenvalue weighted by atomic mass is 10.3. The van der Waals surface area contributed by atoms with Crippen molar-refractivity contribution < 1.29 is 14.3 Å². The van der Waals surface area contributed by atoms with Crippen LogP contribution in [0.1, 0.15) is 23.8 Å². The lowest BCUT2D eigenvalue weighted by molar-refractivity contribution is 0.0313. The summed E-state index contributed by atoms with van der Waals surface area (Å²) in [5, 5.41) is 0. The third-order valence-corrected chi connectivity index (χ3v) is 1.80. The number of hydrogen-bond donors (Lipinski definition) is 1. The minimum atomic E-state index is -0.458. The van der Waals surface area contributed by atoms with Crippen LogP contribution in [0.4, 0.5) is 5.69 Å². The number of aromatic nitrogens is 1. The van der Waals surface area contributed by atoms with Crippen LogP contribution in [0, 0.1) is 0 Å². The van der Waals surface area contributed by atoms with Gasteiger partial charge in [-0.3, -0.25) is 0 Å². The maximum absolute atomic E-state index is 11.4. The monoisotopic (exact) mass is 224 g/mol. The molecule has 0 bridgehead atoms. The van der Waals surface area contributed by atoms with Gasteiger partial charge in [-0.2, -0.15) is 0 Å². The van der Waals surface area contributed by atoms with E-state index in [-0.39, 0.29) is 12.3 Å². The van der Waals surface area contributed by atoms with E-state index in [0.717, 1.165) is 6.42 Å². The van der Waals surface area contributed by atoms with Gasteiger partial charge in [0.15, 0.2) is 0 Å². The van der Waals surface area contributed by atoms with Crippen LogP contribution in [0.15, 0.2) is 18.3 Å². The van der Waals surface area contributed by atoms with Gasteiger partial charge in [0.05, 0.1) is 18.5 Å². The molecule has 0 spiro atoms. The highest BCUT2D eigenvalue weighted by atomic mass is 16.6. The number of hydrogen-bond acceptors (Lipinski definition) is 5. The summed E-state index contributed by atoms with van der Waals surface area (Å²) in [4.78, 5) is 15.3.